The van der Waals surface area contributed by atoms with Gasteiger partial charge in [0.1, 0.15) is 0 Å². The van der Waals surface area contributed by atoms with Crippen molar-refractivity contribution in [3.63, 3.8) is 0 Å². The van der Waals surface area contributed by atoms with Crippen LogP contribution in [0.2, 0.25) is 0 Å². The van der Waals surface area contributed by atoms with Crippen molar-refractivity contribution in [2.45, 2.75) is 53.0 Å². The summed E-state index contributed by atoms with van der Waals surface area (Å²) in [6, 6.07) is 4.83. The molecule has 1 aromatic heterocycles. The fourth-order valence-corrected chi connectivity index (χ4v) is 4.33. The highest BCUT2D eigenvalue weighted by atomic mass is 32.1. The predicted octanol–water partition coefficient (Wildman–Crippen LogP) is 3.27. The van der Waals surface area contributed by atoms with Gasteiger partial charge in [0, 0.05) is 41.9 Å². The molecule has 0 saturated carbocycles. The third-order valence-electron chi connectivity index (χ3n) is 4.59. The van der Waals surface area contributed by atoms with Gasteiger partial charge in [-0.05, 0) is 64.8 Å². The molecule has 136 valence electrons. The van der Waals surface area contributed by atoms with Crippen molar-refractivity contribution < 1.29 is 0 Å². The molecule has 0 bridgehead atoms. The Morgan fingerprint density at radius 2 is 2.25 bits per heavy atom. The number of hydrogen-bond donors (Lipinski definition) is 2. The molecule has 2 N–H and O–H groups in total. The molecule has 0 spiro atoms. The quantitative estimate of drug-likeness (QED) is 0.586. The van der Waals surface area contributed by atoms with Crippen molar-refractivity contribution in [1.29, 1.82) is 0 Å². The minimum absolute atomic E-state index is 0.388. The fraction of sp³-hybridized carbons (Fsp3) is 0.737. The van der Waals surface area contributed by atoms with Gasteiger partial charge in [-0.3, -0.25) is 4.99 Å². The van der Waals surface area contributed by atoms with Gasteiger partial charge in [0.15, 0.2) is 5.96 Å². The van der Waals surface area contributed by atoms with E-state index in [0.717, 1.165) is 32.0 Å². The van der Waals surface area contributed by atoms with E-state index in [1.807, 2.05) is 11.3 Å². The number of hydrogen-bond acceptors (Lipinski definition) is 3. The zero-order chi connectivity index (χ0) is 17.4. The second kappa shape index (κ2) is 10.0. The van der Waals surface area contributed by atoms with Crippen molar-refractivity contribution in [1.82, 2.24) is 15.5 Å². The molecule has 1 aliphatic rings. The molecule has 2 rings (SSSR count). The molecule has 4 nitrogen and oxygen atoms in total. The van der Waals surface area contributed by atoms with E-state index in [-0.39, 0.29) is 0 Å². The molecule has 0 amide bonds. The Morgan fingerprint density at radius 1 is 1.42 bits per heavy atom. The van der Waals surface area contributed by atoms with E-state index >= 15 is 0 Å². The average molecular weight is 351 g/mol. The van der Waals surface area contributed by atoms with E-state index < -0.39 is 0 Å². The summed E-state index contributed by atoms with van der Waals surface area (Å²) in [7, 11) is 0. The normalized spacial score (nSPS) is 20.8. The van der Waals surface area contributed by atoms with Crippen molar-refractivity contribution in [3.8, 4) is 0 Å². The number of nitrogens with zero attached hydrogens (tertiary/aromatic N) is 2. The fourth-order valence-electron chi connectivity index (χ4n) is 3.31. The molecule has 0 aromatic carbocycles. The lowest BCUT2D eigenvalue weighted by Gasteiger charge is -2.31. The molecule has 2 unspecified atom stereocenters. The smallest absolute Gasteiger partial charge is 0.191 e. The zero-order valence-electron chi connectivity index (χ0n) is 15.8. The number of thiophene rings is 1. The summed E-state index contributed by atoms with van der Waals surface area (Å²) < 4.78 is 0. The van der Waals surface area contributed by atoms with Crippen molar-refractivity contribution in [3.05, 3.63) is 21.9 Å². The lowest BCUT2D eigenvalue weighted by atomic mass is 9.98. The predicted molar refractivity (Wildman–Crippen MR) is 106 cm³/mol. The average Bonchev–Trinajstić information content (AvgIpc) is 2.97. The minimum atomic E-state index is 0.388. The van der Waals surface area contributed by atoms with Crippen LogP contribution >= 0.6 is 11.3 Å². The lowest BCUT2D eigenvalue weighted by molar-refractivity contribution is 0.186. The Labute approximate surface area is 151 Å². The van der Waals surface area contributed by atoms with Crippen LogP contribution in [-0.4, -0.2) is 49.6 Å². The van der Waals surface area contributed by atoms with Gasteiger partial charge in [-0.15, -0.1) is 11.3 Å². The molecular formula is C19H34N4S. The number of aryl methyl sites for hydroxylation is 1. The van der Waals surface area contributed by atoms with Gasteiger partial charge in [0.2, 0.25) is 0 Å². The summed E-state index contributed by atoms with van der Waals surface area (Å²) in [6.45, 7) is 14.2. The first-order valence-electron chi connectivity index (χ1n) is 9.43. The van der Waals surface area contributed by atoms with E-state index in [2.05, 4.69) is 55.4 Å². The van der Waals surface area contributed by atoms with Crippen LogP contribution in [0.3, 0.4) is 0 Å². The Balaban J connectivity index is 1.85. The Hall–Kier alpha value is -1.07. The number of rotatable bonds is 7. The lowest BCUT2D eigenvalue weighted by Crippen LogP contribution is -2.43. The second-order valence-corrected chi connectivity index (χ2v) is 8.26. The molecule has 2 heterocycles. The zero-order valence-corrected chi connectivity index (χ0v) is 16.6. The van der Waals surface area contributed by atoms with Crippen LogP contribution in [0.15, 0.2) is 17.1 Å². The Morgan fingerprint density at radius 3 is 2.92 bits per heavy atom. The first-order valence-corrected chi connectivity index (χ1v) is 10.2. The van der Waals surface area contributed by atoms with Gasteiger partial charge in [0.25, 0.3) is 0 Å². The number of guanidine groups is 1. The van der Waals surface area contributed by atoms with Crippen molar-refractivity contribution in [2.24, 2.45) is 10.9 Å². The van der Waals surface area contributed by atoms with Crippen LogP contribution in [0.5, 0.6) is 0 Å². The Bertz CT molecular complexity index is 511. The van der Waals surface area contributed by atoms with Crippen LogP contribution in [-0.2, 0) is 6.42 Å². The summed E-state index contributed by atoms with van der Waals surface area (Å²) in [5.74, 6) is 1.66. The van der Waals surface area contributed by atoms with Crippen LogP contribution in [0.1, 0.15) is 43.4 Å². The van der Waals surface area contributed by atoms with Gasteiger partial charge < -0.3 is 15.5 Å². The molecule has 5 heteroatoms. The summed E-state index contributed by atoms with van der Waals surface area (Å²) >= 11 is 1.89. The van der Waals surface area contributed by atoms with Gasteiger partial charge in [-0.25, -0.2) is 0 Å². The van der Waals surface area contributed by atoms with Crippen molar-refractivity contribution >= 4 is 17.3 Å². The maximum absolute atomic E-state index is 4.86. The van der Waals surface area contributed by atoms with Crippen LogP contribution in [0, 0.1) is 12.8 Å². The molecular weight excluding hydrogens is 316 g/mol. The highest BCUT2D eigenvalue weighted by Gasteiger charge is 2.18. The first-order chi connectivity index (χ1) is 11.6. The summed E-state index contributed by atoms with van der Waals surface area (Å²) in [5.41, 5.74) is 0. The molecule has 2 atom stereocenters. The monoisotopic (exact) mass is 350 g/mol. The number of nitrogens with one attached hydrogen (secondary N) is 2. The van der Waals surface area contributed by atoms with E-state index in [0.29, 0.717) is 12.0 Å². The highest BCUT2D eigenvalue weighted by Crippen LogP contribution is 2.17. The van der Waals surface area contributed by atoms with E-state index in [9.17, 15) is 0 Å². The van der Waals surface area contributed by atoms with Crippen LogP contribution < -0.4 is 10.6 Å². The Kier molecular flexibility index (Phi) is 8.06. The summed E-state index contributed by atoms with van der Waals surface area (Å²) in [4.78, 5) is 10.2. The molecule has 1 aliphatic heterocycles. The number of aliphatic imine (C=N–C) groups is 1. The van der Waals surface area contributed by atoms with Crippen LogP contribution in [0.4, 0.5) is 0 Å². The highest BCUT2D eigenvalue weighted by molar-refractivity contribution is 7.11. The standard InChI is InChI=1S/C19H34N4S/c1-5-20-19(21-13-17-8-7-11-23(6-2)14-17)22-15(3)12-18-10-9-16(4)24-18/h9-10,15,17H,5-8,11-14H2,1-4H3,(H2,20,21,22). The van der Waals surface area contributed by atoms with Gasteiger partial charge in [-0.1, -0.05) is 6.92 Å². The molecule has 1 fully saturated rings. The third-order valence-corrected chi connectivity index (χ3v) is 5.61. The third kappa shape index (κ3) is 6.44. The van der Waals surface area contributed by atoms with Gasteiger partial charge >= 0.3 is 0 Å². The molecule has 24 heavy (non-hydrogen) atoms. The van der Waals surface area contributed by atoms with Gasteiger partial charge in [0.05, 0.1) is 0 Å². The van der Waals surface area contributed by atoms with E-state index in [4.69, 9.17) is 4.99 Å². The van der Waals surface area contributed by atoms with Gasteiger partial charge in [-0.2, -0.15) is 0 Å². The number of likely N-dealkylation sites (tertiary alicyclic amines) is 1. The molecule has 1 aromatic rings. The summed E-state index contributed by atoms with van der Waals surface area (Å²) in [5, 5.41) is 6.97. The minimum Gasteiger partial charge on any atom is -0.357 e. The van der Waals surface area contributed by atoms with E-state index in [1.54, 1.807) is 0 Å². The van der Waals surface area contributed by atoms with Crippen LogP contribution in [0.25, 0.3) is 0 Å². The summed E-state index contributed by atoms with van der Waals surface area (Å²) in [6.07, 6.45) is 3.67. The number of piperidine rings is 1. The van der Waals surface area contributed by atoms with Crippen molar-refractivity contribution in [2.75, 3.05) is 32.7 Å². The molecule has 0 aliphatic carbocycles. The first kappa shape index (κ1) is 19.3. The second-order valence-electron chi connectivity index (χ2n) is 6.88. The maximum Gasteiger partial charge on any atom is 0.191 e. The van der Waals surface area contributed by atoms with E-state index in [1.165, 1.54) is 35.7 Å². The maximum atomic E-state index is 4.86. The molecule has 0 radical (unpaired) electrons. The molecule has 1 saturated heterocycles. The topological polar surface area (TPSA) is 39.7 Å². The SMILES string of the molecule is CCNC(=NCC1CCCN(CC)C1)NC(C)Cc1ccc(C)s1. The largest absolute Gasteiger partial charge is 0.357 e.